The van der Waals surface area contributed by atoms with E-state index in [9.17, 15) is 8.42 Å². The fourth-order valence-corrected chi connectivity index (χ4v) is 3.28. The molecule has 0 radical (unpaired) electrons. The number of benzene rings is 2. The lowest BCUT2D eigenvalue weighted by Crippen LogP contribution is -2.13. The predicted octanol–water partition coefficient (Wildman–Crippen LogP) is 2.43. The van der Waals surface area contributed by atoms with Crippen LogP contribution >= 0.6 is 12.2 Å². The van der Waals surface area contributed by atoms with Gasteiger partial charge in [-0.2, -0.15) is 5.21 Å². The molecule has 1 heterocycles. The number of rotatable bonds is 4. The van der Waals surface area contributed by atoms with E-state index in [1.54, 1.807) is 24.3 Å². The fourth-order valence-electron chi connectivity index (χ4n) is 1.99. The number of tetrazole rings is 1. The fraction of sp³-hybridized carbons (Fsp3) is 0.0714. The Balaban J connectivity index is 1.96. The van der Waals surface area contributed by atoms with E-state index < -0.39 is 10.0 Å². The minimum absolute atomic E-state index is 0.118. The van der Waals surface area contributed by atoms with Crippen molar-refractivity contribution in [3.63, 3.8) is 0 Å². The highest BCUT2D eigenvalue weighted by Gasteiger charge is 2.15. The van der Waals surface area contributed by atoms with Gasteiger partial charge in [0.2, 0.25) is 4.77 Å². The van der Waals surface area contributed by atoms with E-state index in [1.807, 2.05) is 19.1 Å². The smallest absolute Gasteiger partial charge is 0.261 e. The maximum Gasteiger partial charge on any atom is 0.261 e. The van der Waals surface area contributed by atoms with E-state index in [2.05, 4.69) is 20.2 Å². The van der Waals surface area contributed by atoms with Crippen LogP contribution in [0.5, 0.6) is 0 Å². The SMILES string of the molecule is Cc1ccc(NS(=O)(=O)c2cccc(-n3[nH]nnc3=S)c2)cc1. The quantitative estimate of drug-likeness (QED) is 0.707. The normalized spacial score (nSPS) is 11.3. The number of nitrogens with one attached hydrogen (secondary N) is 2. The summed E-state index contributed by atoms with van der Waals surface area (Å²) in [4.78, 5) is 0.118. The molecule has 2 aromatic carbocycles. The van der Waals surface area contributed by atoms with Crippen LogP contribution in [0.25, 0.3) is 5.69 Å². The summed E-state index contributed by atoms with van der Waals surface area (Å²) in [7, 11) is -3.70. The molecule has 2 N–H and O–H groups in total. The van der Waals surface area contributed by atoms with Gasteiger partial charge >= 0.3 is 0 Å². The van der Waals surface area contributed by atoms with E-state index in [4.69, 9.17) is 12.2 Å². The zero-order valence-electron chi connectivity index (χ0n) is 12.1. The van der Waals surface area contributed by atoms with E-state index >= 15 is 0 Å². The van der Waals surface area contributed by atoms with E-state index in [0.29, 0.717) is 11.4 Å². The first-order chi connectivity index (χ1) is 11.0. The van der Waals surface area contributed by atoms with E-state index in [-0.39, 0.29) is 9.67 Å². The number of aromatic amines is 1. The van der Waals surface area contributed by atoms with Gasteiger partial charge in [-0.15, -0.1) is 0 Å². The van der Waals surface area contributed by atoms with Gasteiger partial charge in [-0.05, 0) is 49.5 Å². The topological polar surface area (TPSA) is 92.7 Å². The lowest BCUT2D eigenvalue weighted by atomic mass is 10.2. The molecule has 3 aromatic rings. The molecule has 23 heavy (non-hydrogen) atoms. The Morgan fingerprint density at radius 2 is 1.91 bits per heavy atom. The highest BCUT2D eigenvalue weighted by Crippen LogP contribution is 2.19. The molecule has 0 spiro atoms. The largest absolute Gasteiger partial charge is 0.280 e. The van der Waals surface area contributed by atoms with Crippen LogP contribution in [0.4, 0.5) is 5.69 Å². The van der Waals surface area contributed by atoms with Crippen molar-refractivity contribution >= 4 is 27.9 Å². The second kappa shape index (κ2) is 5.94. The Morgan fingerprint density at radius 3 is 2.57 bits per heavy atom. The number of hydrogen-bond donors (Lipinski definition) is 2. The first-order valence-electron chi connectivity index (χ1n) is 6.66. The molecule has 0 aliphatic carbocycles. The number of aromatic nitrogens is 4. The third-order valence-corrected chi connectivity index (χ3v) is 4.80. The Kier molecular flexibility index (Phi) is 3.97. The molecular weight excluding hydrogens is 334 g/mol. The van der Waals surface area contributed by atoms with Crippen LogP contribution < -0.4 is 4.72 Å². The minimum Gasteiger partial charge on any atom is -0.280 e. The van der Waals surface area contributed by atoms with Gasteiger partial charge in [0.1, 0.15) is 0 Å². The van der Waals surface area contributed by atoms with E-state index in [1.165, 1.54) is 16.8 Å². The Bertz CT molecular complexity index is 990. The second-order valence-corrected chi connectivity index (χ2v) is 6.93. The summed E-state index contributed by atoms with van der Waals surface area (Å²) in [6.45, 7) is 1.93. The number of H-pyrrole nitrogens is 1. The van der Waals surface area contributed by atoms with Gasteiger partial charge in [0.05, 0.1) is 10.6 Å². The van der Waals surface area contributed by atoms with Crippen LogP contribution in [0.3, 0.4) is 0 Å². The summed E-state index contributed by atoms with van der Waals surface area (Å²) in [5.41, 5.74) is 2.09. The molecule has 1 aromatic heterocycles. The molecule has 0 amide bonds. The van der Waals surface area contributed by atoms with Crippen LogP contribution in [-0.4, -0.2) is 28.6 Å². The lowest BCUT2D eigenvalue weighted by Gasteiger charge is -2.09. The molecular formula is C14H13N5O2S2. The average Bonchev–Trinajstić information content (AvgIpc) is 2.96. The molecule has 0 bridgehead atoms. The molecule has 0 fully saturated rings. The molecule has 0 aliphatic heterocycles. The highest BCUT2D eigenvalue weighted by atomic mass is 32.2. The van der Waals surface area contributed by atoms with Crippen molar-refractivity contribution < 1.29 is 8.42 Å². The number of anilines is 1. The summed E-state index contributed by atoms with van der Waals surface area (Å²) in [6.07, 6.45) is 0. The van der Waals surface area contributed by atoms with Gasteiger partial charge in [-0.25, -0.2) is 13.1 Å². The Morgan fingerprint density at radius 1 is 1.17 bits per heavy atom. The van der Waals surface area contributed by atoms with E-state index in [0.717, 1.165) is 5.56 Å². The van der Waals surface area contributed by atoms with Crippen molar-refractivity contribution in [1.82, 2.24) is 20.2 Å². The van der Waals surface area contributed by atoms with Crippen molar-refractivity contribution in [2.24, 2.45) is 0 Å². The lowest BCUT2D eigenvalue weighted by molar-refractivity contribution is 0.601. The predicted molar refractivity (Wildman–Crippen MR) is 88.5 cm³/mol. The number of sulfonamides is 1. The summed E-state index contributed by atoms with van der Waals surface area (Å²) in [5.74, 6) is 0. The molecule has 3 rings (SSSR count). The number of nitrogens with zero attached hydrogens (tertiary/aromatic N) is 3. The van der Waals surface area contributed by atoms with Gasteiger partial charge < -0.3 is 0 Å². The van der Waals surface area contributed by atoms with Gasteiger partial charge in [-0.1, -0.05) is 34.1 Å². The van der Waals surface area contributed by atoms with Crippen molar-refractivity contribution in [3.8, 4) is 5.69 Å². The van der Waals surface area contributed by atoms with Crippen LogP contribution in [0, 0.1) is 11.7 Å². The zero-order valence-corrected chi connectivity index (χ0v) is 13.7. The molecule has 118 valence electrons. The highest BCUT2D eigenvalue weighted by molar-refractivity contribution is 7.92. The van der Waals surface area contributed by atoms with Gasteiger partial charge in [0.25, 0.3) is 10.0 Å². The molecule has 0 unspecified atom stereocenters. The average molecular weight is 347 g/mol. The van der Waals surface area contributed by atoms with Crippen molar-refractivity contribution in [3.05, 3.63) is 58.9 Å². The molecule has 0 atom stereocenters. The molecule has 9 heteroatoms. The van der Waals surface area contributed by atoms with Crippen molar-refractivity contribution in [2.75, 3.05) is 4.72 Å². The maximum absolute atomic E-state index is 12.5. The summed E-state index contributed by atoms with van der Waals surface area (Å²) < 4.78 is 29.2. The van der Waals surface area contributed by atoms with Crippen molar-refractivity contribution in [1.29, 1.82) is 0 Å². The number of aryl methyl sites for hydroxylation is 1. The van der Waals surface area contributed by atoms with Crippen LogP contribution in [-0.2, 0) is 10.0 Å². The van der Waals surface area contributed by atoms with Gasteiger partial charge in [0.15, 0.2) is 0 Å². The molecule has 0 saturated heterocycles. The third kappa shape index (κ3) is 3.30. The molecule has 0 saturated carbocycles. The van der Waals surface area contributed by atoms with Crippen LogP contribution in [0.15, 0.2) is 53.4 Å². The van der Waals surface area contributed by atoms with Crippen LogP contribution in [0.2, 0.25) is 0 Å². The molecule has 7 nitrogen and oxygen atoms in total. The second-order valence-electron chi connectivity index (χ2n) is 4.89. The van der Waals surface area contributed by atoms with Gasteiger partial charge in [-0.3, -0.25) is 4.72 Å². The Labute approximate surface area is 138 Å². The third-order valence-electron chi connectivity index (χ3n) is 3.16. The maximum atomic E-state index is 12.5. The standard InChI is InChI=1S/C14H13N5O2S2/c1-10-5-7-11(8-6-10)16-23(20,21)13-4-2-3-12(9-13)19-14(22)15-17-18-19/h2-9,16H,1H3,(H,15,18,22). The van der Waals surface area contributed by atoms with Crippen LogP contribution in [0.1, 0.15) is 5.56 Å². The summed E-state index contributed by atoms with van der Waals surface area (Å²) in [5, 5.41) is 9.85. The first-order valence-corrected chi connectivity index (χ1v) is 8.55. The molecule has 0 aliphatic rings. The van der Waals surface area contributed by atoms with Gasteiger partial charge in [0, 0.05) is 5.69 Å². The first kappa shape index (κ1) is 15.4. The number of hydrogen-bond acceptors (Lipinski definition) is 5. The monoisotopic (exact) mass is 347 g/mol. The van der Waals surface area contributed by atoms with Crippen molar-refractivity contribution in [2.45, 2.75) is 11.8 Å². The minimum atomic E-state index is -3.70. The summed E-state index contributed by atoms with van der Waals surface area (Å²) in [6, 6.07) is 13.4. The Hall–Kier alpha value is -2.52. The zero-order chi connectivity index (χ0) is 16.4. The summed E-state index contributed by atoms with van der Waals surface area (Å²) >= 11 is 5.01.